The van der Waals surface area contributed by atoms with Crippen molar-refractivity contribution >= 4 is 15.7 Å². The maximum Gasteiger partial charge on any atom is 0.220 e. The van der Waals surface area contributed by atoms with E-state index in [0.717, 1.165) is 17.4 Å². The fourth-order valence-electron chi connectivity index (χ4n) is 2.05. The lowest BCUT2D eigenvalue weighted by molar-refractivity contribution is -0.121. The number of halogens is 1. The van der Waals surface area contributed by atoms with Gasteiger partial charge in [0.05, 0.1) is 4.90 Å². The fraction of sp³-hybridized carbons (Fsp3) is 0.235. The SMILES string of the molecule is CS(=O)(=O)c1ccc(CNC(=O)CCc2ccc(F)cc2)cc1. The molecule has 4 nitrogen and oxygen atoms in total. The second kappa shape index (κ2) is 7.37. The van der Waals surface area contributed by atoms with Gasteiger partial charge in [0.15, 0.2) is 9.84 Å². The van der Waals surface area contributed by atoms with Crippen LogP contribution < -0.4 is 5.32 Å². The summed E-state index contributed by atoms with van der Waals surface area (Å²) in [6.45, 7) is 0.340. The lowest BCUT2D eigenvalue weighted by Crippen LogP contribution is -2.23. The van der Waals surface area contributed by atoms with Gasteiger partial charge in [-0.15, -0.1) is 0 Å². The van der Waals surface area contributed by atoms with Crippen LogP contribution in [0.2, 0.25) is 0 Å². The Labute approximate surface area is 135 Å². The van der Waals surface area contributed by atoms with E-state index in [-0.39, 0.29) is 16.6 Å². The Balaban J connectivity index is 1.81. The first kappa shape index (κ1) is 17.1. The first-order chi connectivity index (χ1) is 10.8. The molecule has 0 aliphatic heterocycles. The summed E-state index contributed by atoms with van der Waals surface area (Å²) in [5.41, 5.74) is 1.73. The predicted octanol–water partition coefficient (Wildman–Crippen LogP) is 2.48. The minimum atomic E-state index is -3.21. The molecule has 1 amide bonds. The van der Waals surface area contributed by atoms with Gasteiger partial charge >= 0.3 is 0 Å². The number of aryl methyl sites for hydroxylation is 1. The van der Waals surface area contributed by atoms with Gasteiger partial charge in [0.25, 0.3) is 0 Å². The third-order valence-corrected chi connectivity index (χ3v) is 4.52. The van der Waals surface area contributed by atoms with Crippen molar-refractivity contribution in [1.82, 2.24) is 5.32 Å². The Morgan fingerprint density at radius 3 is 2.13 bits per heavy atom. The summed E-state index contributed by atoms with van der Waals surface area (Å²) in [7, 11) is -3.21. The largest absolute Gasteiger partial charge is 0.352 e. The van der Waals surface area contributed by atoms with Gasteiger partial charge in [-0.3, -0.25) is 4.79 Å². The number of hydrogen-bond acceptors (Lipinski definition) is 3. The van der Waals surface area contributed by atoms with Crippen molar-refractivity contribution in [2.24, 2.45) is 0 Å². The van der Waals surface area contributed by atoms with Crippen molar-refractivity contribution in [3.8, 4) is 0 Å². The minimum absolute atomic E-state index is 0.110. The number of rotatable bonds is 6. The topological polar surface area (TPSA) is 63.2 Å². The molecule has 0 saturated carbocycles. The van der Waals surface area contributed by atoms with Crippen LogP contribution in [0.1, 0.15) is 17.5 Å². The zero-order valence-corrected chi connectivity index (χ0v) is 13.6. The van der Waals surface area contributed by atoms with Gasteiger partial charge in [-0.25, -0.2) is 12.8 Å². The van der Waals surface area contributed by atoms with Gasteiger partial charge in [0, 0.05) is 19.2 Å². The van der Waals surface area contributed by atoms with Gasteiger partial charge in [-0.05, 0) is 41.8 Å². The third kappa shape index (κ3) is 5.49. The van der Waals surface area contributed by atoms with E-state index in [1.165, 1.54) is 24.3 Å². The van der Waals surface area contributed by atoms with Crippen molar-refractivity contribution in [3.63, 3.8) is 0 Å². The molecule has 0 spiro atoms. The van der Waals surface area contributed by atoms with Gasteiger partial charge in [0.1, 0.15) is 5.82 Å². The lowest BCUT2D eigenvalue weighted by Gasteiger charge is -2.06. The molecule has 0 aromatic heterocycles. The molecule has 6 heteroatoms. The molecular weight excluding hydrogens is 317 g/mol. The molecule has 0 aliphatic rings. The zero-order chi connectivity index (χ0) is 16.9. The molecular formula is C17H18FNO3S. The van der Waals surface area contributed by atoms with E-state index in [2.05, 4.69) is 5.32 Å². The molecule has 0 atom stereocenters. The van der Waals surface area contributed by atoms with Crippen molar-refractivity contribution in [2.75, 3.05) is 6.26 Å². The van der Waals surface area contributed by atoms with E-state index in [0.29, 0.717) is 19.4 Å². The van der Waals surface area contributed by atoms with Crippen molar-refractivity contribution in [1.29, 1.82) is 0 Å². The summed E-state index contributed by atoms with van der Waals surface area (Å²) >= 11 is 0. The first-order valence-electron chi connectivity index (χ1n) is 7.15. The third-order valence-electron chi connectivity index (χ3n) is 3.40. The molecule has 23 heavy (non-hydrogen) atoms. The number of carbonyl (C=O) groups is 1. The predicted molar refractivity (Wildman–Crippen MR) is 86.1 cm³/mol. The number of carbonyl (C=O) groups excluding carboxylic acids is 1. The molecule has 2 aromatic carbocycles. The van der Waals surface area contributed by atoms with Crippen LogP contribution in [0.4, 0.5) is 4.39 Å². The monoisotopic (exact) mass is 335 g/mol. The van der Waals surface area contributed by atoms with Crippen molar-refractivity contribution in [2.45, 2.75) is 24.3 Å². The smallest absolute Gasteiger partial charge is 0.220 e. The van der Waals surface area contributed by atoms with Gasteiger partial charge in [-0.2, -0.15) is 0 Å². The molecule has 0 heterocycles. The lowest BCUT2D eigenvalue weighted by atomic mass is 10.1. The normalized spacial score (nSPS) is 11.2. The number of benzene rings is 2. The van der Waals surface area contributed by atoms with E-state index in [9.17, 15) is 17.6 Å². The molecule has 2 rings (SSSR count). The average molecular weight is 335 g/mol. The van der Waals surface area contributed by atoms with Crippen LogP contribution in [0, 0.1) is 5.82 Å². The van der Waals surface area contributed by atoms with Gasteiger partial charge in [-0.1, -0.05) is 24.3 Å². The quantitative estimate of drug-likeness (QED) is 0.882. The Kier molecular flexibility index (Phi) is 5.50. The number of nitrogens with one attached hydrogen (secondary N) is 1. The Morgan fingerprint density at radius 1 is 1.00 bits per heavy atom. The molecule has 122 valence electrons. The maximum atomic E-state index is 12.8. The fourth-order valence-corrected chi connectivity index (χ4v) is 2.68. The maximum absolute atomic E-state index is 12.8. The zero-order valence-electron chi connectivity index (χ0n) is 12.8. The Morgan fingerprint density at radius 2 is 1.57 bits per heavy atom. The molecule has 0 bridgehead atoms. The standard InChI is InChI=1S/C17H18FNO3S/c1-23(21,22)16-9-4-14(5-10-16)12-19-17(20)11-6-13-2-7-15(18)8-3-13/h2-5,7-10H,6,11-12H2,1H3,(H,19,20). The summed E-state index contributed by atoms with van der Waals surface area (Å²) in [6.07, 6.45) is 2.01. The highest BCUT2D eigenvalue weighted by atomic mass is 32.2. The van der Waals surface area contributed by atoms with E-state index in [1.54, 1.807) is 24.3 Å². The minimum Gasteiger partial charge on any atom is -0.352 e. The molecule has 0 radical (unpaired) electrons. The van der Waals surface area contributed by atoms with Crippen LogP contribution in [0.15, 0.2) is 53.4 Å². The van der Waals surface area contributed by atoms with Crippen LogP contribution in [0.5, 0.6) is 0 Å². The van der Waals surface area contributed by atoms with Crippen LogP contribution in [0.3, 0.4) is 0 Å². The Bertz CT molecular complexity index is 768. The van der Waals surface area contributed by atoms with Crippen molar-refractivity contribution in [3.05, 3.63) is 65.5 Å². The highest BCUT2D eigenvalue weighted by Crippen LogP contribution is 2.10. The summed E-state index contributed by atoms with van der Waals surface area (Å²) < 4.78 is 35.5. The molecule has 1 N–H and O–H groups in total. The van der Waals surface area contributed by atoms with Crippen molar-refractivity contribution < 1.29 is 17.6 Å². The number of sulfone groups is 1. The van der Waals surface area contributed by atoms with E-state index < -0.39 is 9.84 Å². The average Bonchev–Trinajstić information content (AvgIpc) is 2.52. The Hall–Kier alpha value is -2.21. The van der Waals surface area contributed by atoms with Crippen LogP contribution in [0.25, 0.3) is 0 Å². The molecule has 0 saturated heterocycles. The van der Waals surface area contributed by atoms with E-state index in [1.807, 2.05) is 0 Å². The van der Waals surface area contributed by atoms with E-state index in [4.69, 9.17) is 0 Å². The summed E-state index contributed by atoms with van der Waals surface area (Å²) in [5.74, 6) is -0.405. The highest BCUT2D eigenvalue weighted by molar-refractivity contribution is 7.90. The number of hydrogen-bond donors (Lipinski definition) is 1. The van der Waals surface area contributed by atoms with E-state index >= 15 is 0 Å². The molecule has 0 fully saturated rings. The van der Waals surface area contributed by atoms with Crippen LogP contribution in [-0.2, 0) is 27.6 Å². The molecule has 2 aromatic rings. The molecule has 0 aliphatic carbocycles. The van der Waals surface area contributed by atoms with Gasteiger partial charge in [0.2, 0.25) is 5.91 Å². The summed E-state index contributed by atoms with van der Waals surface area (Å²) in [6, 6.07) is 12.5. The summed E-state index contributed by atoms with van der Waals surface area (Å²) in [4.78, 5) is 12.1. The summed E-state index contributed by atoms with van der Waals surface area (Å²) in [5, 5.41) is 2.78. The second-order valence-corrected chi connectivity index (χ2v) is 7.34. The highest BCUT2D eigenvalue weighted by Gasteiger charge is 2.07. The first-order valence-corrected chi connectivity index (χ1v) is 9.04. The number of amides is 1. The second-order valence-electron chi connectivity index (χ2n) is 5.32. The van der Waals surface area contributed by atoms with Crippen LogP contribution >= 0.6 is 0 Å². The van der Waals surface area contributed by atoms with Crippen LogP contribution in [-0.4, -0.2) is 20.6 Å². The van der Waals surface area contributed by atoms with Gasteiger partial charge < -0.3 is 5.32 Å². The molecule has 0 unspecified atom stereocenters.